The Balaban J connectivity index is 1.45. The van der Waals surface area contributed by atoms with E-state index < -0.39 is 0 Å². The highest BCUT2D eigenvalue weighted by Gasteiger charge is 2.37. The highest BCUT2D eigenvalue weighted by molar-refractivity contribution is 5.24. The van der Waals surface area contributed by atoms with Crippen molar-refractivity contribution >= 4 is 0 Å². The summed E-state index contributed by atoms with van der Waals surface area (Å²) < 4.78 is 1.87. The number of nitrogens with zero attached hydrogens (tertiary/aromatic N) is 2. The second kappa shape index (κ2) is 5.80. The van der Waals surface area contributed by atoms with Gasteiger partial charge in [-0.05, 0) is 42.3 Å². The minimum absolute atomic E-state index is 0.664. The third kappa shape index (κ3) is 2.78. The summed E-state index contributed by atoms with van der Waals surface area (Å²) in [6.07, 6.45) is 6.38. The van der Waals surface area contributed by atoms with Gasteiger partial charge in [-0.1, -0.05) is 37.3 Å². The van der Waals surface area contributed by atoms with E-state index in [1.54, 1.807) is 0 Å². The molecule has 2 aromatic rings. The van der Waals surface area contributed by atoms with Crippen molar-refractivity contribution in [3.05, 3.63) is 53.9 Å². The number of aryl methyl sites for hydroxylation is 1. The molecule has 3 nitrogen and oxygen atoms in total. The fourth-order valence-electron chi connectivity index (χ4n) is 3.20. The van der Waals surface area contributed by atoms with E-state index in [0.29, 0.717) is 6.04 Å². The van der Waals surface area contributed by atoms with Crippen molar-refractivity contribution in [2.75, 3.05) is 6.54 Å². The van der Waals surface area contributed by atoms with Crippen LogP contribution in [0.4, 0.5) is 0 Å². The van der Waals surface area contributed by atoms with Gasteiger partial charge in [-0.15, -0.1) is 0 Å². The summed E-state index contributed by atoms with van der Waals surface area (Å²) in [6.45, 7) is 3.41. The second-order valence-electron chi connectivity index (χ2n) is 5.94. The van der Waals surface area contributed by atoms with Crippen LogP contribution in [-0.4, -0.2) is 22.4 Å². The van der Waals surface area contributed by atoms with Crippen LogP contribution in [0.2, 0.25) is 0 Å². The highest BCUT2D eigenvalue weighted by Crippen LogP contribution is 2.42. The molecule has 0 spiro atoms. The summed E-state index contributed by atoms with van der Waals surface area (Å²) in [5.41, 5.74) is 2.80. The first-order valence-corrected chi connectivity index (χ1v) is 7.50. The van der Waals surface area contributed by atoms with E-state index in [-0.39, 0.29) is 0 Å². The monoisotopic (exact) mass is 269 g/mol. The van der Waals surface area contributed by atoms with Gasteiger partial charge in [0.15, 0.2) is 0 Å². The Morgan fingerprint density at radius 2 is 2.10 bits per heavy atom. The molecule has 0 amide bonds. The maximum Gasteiger partial charge on any atom is 0.0522 e. The lowest BCUT2D eigenvalue weighted by atomic mass is 9.67. The zero-order valence-corrected chi connectivity index (χ0v) is 12.3. The normalized spacial score (nSPS) is 25.4. The number of rotatable bonds is 5. The Hall–Kier alpha value is -1.61. The summed E-state index contributed by atoms with van der Waals surface area (Å²) in [6, 6.07) is 11.6. The highest BCUT2D eigenvalue weighted by atomic mass is 15.2. The minimum atomic E-state index is 0.664. The molecule has 0 saturated heterocycles. The van der Waals surface area contributed by atoms with Crippen LogP contribution in [0, 0.1) is 5.92 Å². The molecule has 0 radical (unpaired) electrons. The number of aromatic nitrogens is 2. The van der Waals surface area contributed by atoms with Gasteiger partial charge >= 0.3 is 0 Å². The third-order valence-electron chi connectivity index (χ3n) is 4.58. The van der Waals surface area contributed by atoms with Crippen molar-refractivity contribution < 1.29 is 0 Å². The molecule has 1 aromatic heterocycles. The Morgan fingerprint density at radius 3 is 2.75 bits per heavy atom. The van der Waals surface area contributed by atoms with Gasteiger partial charge in [0.05, 0.1) is 6.20 Å². The lowest BCUT2D eigenvalue weighted by Crippen LogP contribution is -2.48. The van der Waals surface area contributed by atoms with Gasteiger partial charge in [-0.25, -0.2) is 0 Å². The standard InChI is InChI=1S/C17H23N3/c1-13-16(15-6-4-3-5-7-15)10-17(13)18-9-8-14-11-19-20(2)12-14/h3-7,11-13,16-18H,8-10H2,1-2H3. The molecule has 1 aliphatic carbocycles. The van der Waals surface area contributed by atoms with Gasteiger partial charge in [0, 0.05) is 19.3 Å². The van der Waals surface area contributed by atoms with Crippen LogP contribution in [0.25, 0.3) is 0 Å². The van der Waals surface area contributed by atoms with Gasteiger partial charge in [0.1, 0.15) is 0 Å². The van der Waals surface area contributed by atoms with E-state index in [1.165, 1.54) is 17.5 Å². The average Bonchev–Trinajstić information content (AvgIpc) is 2.88. The Labute approximate surface area is 121 Å². The van der Waals surface area contributed by atoms with Crippen molar-refractivity contribution in [2.24, 2.45) is 13.0 Å². The zero-order valence-electron chi connectivity index (χ0n) is 12.3. The molecular weight excluding hydrogens is 246 g/mol. The van der Waals surface area contributed by atoms with E-state index in [2.05, 4.69) is 53.9 Å². The number of nitrogens with one attached hydrogen (secondary N) is 1. The Kier molecular flexibility index (Phi) is 3.88. The van der Waals surface area contributed by atoms with E-state index in [4.69, 9.17) is 0 Å². The van der Waals surface area contributed by atoms with Crippen LogP contribution in [-0.2, 0) is 13.5 Å². The van der Waals surface area contributed by atoms with Crippen LogP contribution >= 0.6 is 0 Å². The molecule has 1 heterocycles. The smallest absolute Gasteiger partial charge is 0.0522 e. The number of hydrogen-bond donors (Lipinski definition) is 1. The van der Waals surface area contributed by atoms with Crippen LogP contribution in [0.5, 0.6) is 0 Å². The van der Waals surface area contributed by atoms with Crippen LogP contribution in [0.3, 0.4) is 0 Å². The number of hydrogen-bond acceptors (Lipinski definition) is 2. The first kappa shape index (κ1) is 13.4. The van der Waals surface area contributed by atoms with E-state index in [0.717, 1.165) is 24.8 Å². The molecule has 1 saturated carbocycles. The van der Waals surface area contributed by atoms with Crippen molar-refractivity contribution in [1.29, 1.82) is 0 Å². The van der Waals surface area contributed by atoms with E-state index >= 15 is 0 Å². The minimum Gasteiger partial charge on any atom is -0.313 e. The molecule has 0 bridgehead atoms. The summed E-state index contributed by atoms with van der Waals surface area (Å²) in [5, 5.41) is 7.89. The van der Waals surface area contributed by atoms with Crippen LogP contribution in [0.1, 0.15) is 30.4 Å². The molecular formula is C17H23N3. The fraction of sp³-hybridized carbons (Fsp3) is 0.471. The fourth-order valence-corrected chi connectivity index (χ4v) is 3.20. The summed E-state index contributed by atoms with van der Waals surface area (Å²) in [5.74, 6) is 1.46. The Bertz CT molecular complexity index is 546. The van der Waals surface area contributed by atoms with Gasteiger partial charge in [0.2, 0.25) is 0 Å². The van der Waals surface area contributed by atoms with Gasteiger partial charge < -0.3 is 5.32 Å². The predicted molar refractivity (Wildman–Crippen MR) is 81.7 cm³/mol. The van der Waals surface area contributed by atoms with E-state index in [9.17, 15) is 0 Å². The molecule has 20 heavy (non-hydrogen) atoms. The maximum absolute atomic E-state index is 4.20. The van der Waals surface area contributed by atoms with Crippen LogP contribution in [0.15, 0.2) is 42.7 Å². The SMILES string of the molecule is CC1C(NCCc2cnn(C)c2)CC1c1ccccc1. The topological polar surface area (TPSA) is 29.9 Å². The first-order chi connectivity index (χ1) is 9.74. The molecule has 3 heteroatoms. The van der Waals surface area contributed by atoms with Crippen molar-refractivity contribution in [1.82, 2.24) is 15.1 Å². The maximum atomic E-state index is 4.20. The molecule has 1 fully saturated rings. The molecule has 3 atom stereocenters. The van der Waals surface area contributed by atoms with Crippen molar-refractivity contribution in [2.45, 2.75) is 31.7 Å². The predicted octanol–water partition coefficient (Wildman–Crippen LogP) is 2.74. The molecule has 1 aliphatic rings. The summed E-state index contributed by atoms with van der Waals surface area (Å²) in [7, 11) is 1.97. The molecule has 0 aliphatic heterocycles. The third-order valence-corrected chi connectivity index (χ3v) is 4.58. The average molecular weight is 269 g/mol. The summed E-state index contributed by atoms with van der Waals surface area (Å²) in [4.78, 5) is 0. The molecule has 106 valence electrons. The molecule has 3 unspecified atom stereocenters. The van der Waals surface area contributed by atoms with Crippen molar-refractivity contribution in [3.63, 3.8) is 0 Å². The molecule has 3 rings (SSSR count). The zero-order chi connectivity index (χ0) is 13.9. The van der Waals surface area contributed by atoms with Crippen molar-refractivity contribution in [3.8, 4) is 0 Å². The Morgan fingerprint density at radius 1 is 1.30 bits per heavy atom. The molecule has 1 aromatic carbocycles. The van der Waals surface area contributed by atoms with Gasteiger partial charge in [0.25, 0.3) is 0 Å². The second-order valence-corrected chi connectivity index (χ2v) is 5.94. The first-order valence-electron chi connectivity index (χ1n) is 7.50. The molecule has 1 N–H and O–H groups in total. The van der Waals surface area contributed by atoms with Crippen LogP contribution < -0.4 is 5.32 Å². The van der Waals surface area contributed by atoms with E-state index in [1.807, 2.05) is 17.9 Å². The lowest BCUT2D eigenvalue weighted by molar-refractivity contribution is 0.185. The van der Waals surface area contributed by atoms with Gasteiger partial charge in [-0.3, -0.25) is 4.68 Å². The van der Waals surface area contributed by atoms with Gasteiger partial charge in [-0.2, -0.15) is 5.10 Å². The number of benzene rings is 1. The largest absolute Gasteiger partial charge is 0.313 e. The summed E-state index contributed by atoms with van der Waals surface area (Å²) >= 11 is 0. The lowest BCUT2D eigenvalue weighted by Gasteiger charge is -2.44. The quantitative estimate of drug-likeness (QED) is 0.904.